The summed E-state index contributed by atoms with van der Waals surface area (Å²) in [5.74, 6) is 1.23. The predicted molar refractivity (Wildman–Crippen MR) is 91.9 cm³/mol. The quantitative estimate of drug-likeness (QED) is 0.880. The number of rotatable bonds is 5. The van der Waals surface area contributed by atoms with Crippen molar-refractivity contribution < 1.29 is 0 Å². The molecule has 2 rings (SSSR count). The first kappa shape index (κ1) is 15.7. The first-order valence-corrected chi connectivity index (χ1v) is 8.72. The molecule has 0 radical (unpaired) electrons. The van der Waals surface area contributed by atoms with Gasteiger partial charge >= 0.3 is 0 Å². The Balaban J connectivity index is 2.00. The van der Waals surface area contributed by atoms with Crippen LogP contribution in [0, 0.1) is 0 Å². The molecule has 1 heterocycles. The van der Waals surface area contributed by atoms with Crippen LogP contribution in [0.5, 0.6) is 0 Å². The first-order chi connectivity index (χ1) is 9.52. The second-order valence-electron chi connectivity index (χ2n) is 6.30. The zero-order chi connectivity index (χ0) is 14.6. The monoisotopic (exact) mass is 292 g/mol. The molecule has 0 spiro atoms. The summed E-state index contributed by atoms with van der Waals surface area (Å²) in [4.78, 5) is 2.52. The second kappa shape index (κ2) is 6.86. The van der Waals surface area contributed by atoms with E-state index in [0.29, 0.717) is 10.8 Å². The fourth-order valence-electron chi connectivity index (χ4n) is 2.69. The van der Waals surface area contributed by atoms with Gasteiger partial charge in [-0.3, -0.25) is 0 Å². The van der Waals surface area contributed by atoms with Crippen molar-refractivity contribution in [1.29, 1.82) is 0 Å². The molecule has 1 aliphatic rings. The van der Waals surface area contributed by atoms with Crippen LogP contribution in [0.1, 0.15) is 45.7 Å². The topological polar surface area (TPSA) is 15.3 Å². The van der Waals surface area contributed by atoms with Crippen LogP contribution in [0.15, 0.2) is 24.3 Å². The second-order valence-corrected chi connectivity index (χ2v) is 8.10. The minimum Gasteiger partial charge on any atom is -0.369 e. The third kappa shape index (κ3) is 4.16. The summed E-state index contributed by atoms with van der Waals surface area (Å²) in [6, 6.07) is 9.56. The Morgan fingerprint density at radius 2 is 2.00 bits per heavy atom. The average molecular weight is 292 g/mol. The van der Waals surface area contributed by atoms with Gasteiger partial charge in [0.05, 0.1) is 0 Å². The summed E-state index contributed by atoms with van der Waals surface area (Å²) in [5, 5.41) is 3.54. The van der Waals surface area contributed by atoms with Crippen molar-refractivity contribution in [2.45, 2.75) is 44.9 Å². The summed E-state index contributed by atoms with van der Waals surface area (Å²) in [7, 11) is 0. The Kier molecular flexibility index (Phi) is 5.39. The molecule has 1 aromatic carbocycles. The Hall–Kier alpha value is -0.670. The molecule has 1 N–H and O–H groups in total. The first-order valence-electron chi connectivity index (χ1n) is 7.74. The van der Waals surface area contributed by atoms with Gasteiger partial charge in [-0.25, -0.2) is 0 Å². The normalized spacial score (nSPS) is 19.9. The Morgan fingerprint density at radius 1 is 1.30 bits per heavy atom. The lowest BCUT2D eigenvalue weighted by molar-refractivity contribution is 0.570. The zero-order valence-electron chi connectivity index (χ0n) is 13.3. The molecule has 1 aromatic rings. The molecule has 1 aliphatic heterocycles. The van der Waals surface area contributed by atoms with E-state index in [1.54, 1.807) is 0 Å². The molecule has 20 heavy (non-hydrogen) atoms. The van der Waals surface area contributed by atoms with Crippen molar-refractivity contribution in [2.24, 2.45) is 0 Å². The Bertz CT molecular complexity index is 414. The molecule has 0 saturated carbocycles. The number of nitrogens with zero attached hydrogens (tertiary/aromatic N) is 1. The molecule has 1 saturated heterocycles. The van der Waals surface area contributed by atoms with Crippen LogP contribution in [-0.4, -0.2) is 30.1 Å². The standard InChI is InChI=1S/C17H28N2S/c1-5-10-18-14(2)15-6-8-16(9-7-15)19-11-12-20-17(3,4)13-19/h6-9,14,18H,5,10-13H2,1-4H3. The van der Waals surface area contributed by atoms with E-state index in [1.807, 2.05) is 0 Å². The van der Waals surface area contributed by atoms with E-state index in [0.717, 1.165) is 19.6 Å². The molecule has 0 bridgehead atoms. The lowest BCUT2D eigenvalue weighted by atomic mass is 10.1. The van der Waals surface area contributed by atoms with Gasteiger partial charge in [0.15, 0.2) is 0 Å². The summed E-state index contributed by atoms with van der Waals surface area (Å²) < 4.78 is 0.368. The summed E-state index contributed by atoms with van der Waals surface area (Å²) in [6.07, 6.45) is 1.18. The van der Waals surface area contributed by atoms with Crippen LogP contribution >= 0.6 is 11.8 Å². The van der Waals surface area contributed by atoms with E-state index in [9.17, 15) is 0 Å². The van der Waals surface area contributed by atoms with Crippen LogP contribution in [0.2, 0.25) is 0 Å². The van der Waals surface area contributed by atoms with Crippen LogP contribution in [0.4, 0.5) is 5.69 Å². The third-order valence-corrected chi connectivity index (χ3v) is 5.18. The maximum Gasteiger partial charge on any atom is 0.0367 e. The Morgan fingerprint density at radius 3 is 2.60 bits per heavy atom. The fraction of sp³-hybridized carbons (Fsp3) is 0.647. The average Bonchev–Trinajstić information content (AvgIpc) is 2.44. The van der Waals surface area contributed by atoms with E-state index in [4.69, 9.17) is 0 Å². The van der Waals surface area contributed by atoms with Crippen molar-refractivity contribution in [3.8, 4) is 0 Å². The van der Waals surface area contributed by atoms with Gasteiger partial charge in [-0.05, 0) is 51.4 Å². The van der Waals surface area contributed by atoms with E-state index < -0.39 is 0 Å². The van der Waals surface area contributed by atoms with E-state index >= 15 is 0 Å². The number of hydrogen-bond donors (Lipinski definition) is 1. The molecule has 0 aliphatic carbocycles. The molecule has 3 heteroatoms. The maximum atomic E-state index is 3.54. The predicted octanol–water partition coefficient (Wildman–Crippen LogP) is 4.08. The SMILES string of the molecule is CCCNC(C)c1ccc(N2CCSC(C)(C)C2)cc1. The van der Waals surface area contributed by atoms with E-state index in [2.05, 4.69) is 73.9 Å². The molecule has 1 unspecified atom stereocenters. The molecule has 0 amide bonds. The maximum absolute atomic E-state index is 3.54. The van der Waals surface area contributed by atoms with Crippen LogP contribution < -0.4 is 10.2 Å². The highest BCUT2D eigenvalue weighted by Gasteiger charge is 2.27. The minimum absolute atomic E-state index is 0.368. The molecule has 0 aromatic heterocycles. The van der Waals surface area contributed by atoms with Gasteiger partial charge in [0.2, 0.25) is 0 Å². The van der Waals surface area contributed by atoms with Crippen molar-refractivity contribution in [2.75, 3.05) is 30.3 Å². The highest BCUT2D eigenvalue weighted by atomic mass is 32.2. The summed E-state index contributed by atoms with van der Waals surface area (Å²) in [5.41, 5.74) is 2.75. The molecular formula is C17H28N2S. The van der Waals surface area contributed by atoms with Gasteiger partial charge in [-0.2, -0.15) is 11.8 Å². The highest BCUT2D eigenvalue weighted by molar-refractivity contribution is 8.00. The van der Waals surface area contributed by atoms with Gasteiger partial charge in [0, 0.05) is 35.3 Å². The van der Waals surface area contributed by atoms with Gasteiger partial charge < -0.3 is 10.2 Å². The molecule has 2 nitrogen and oxygen atoms in total. The zero-order valence-corrected chi connectivity index (χ0v) is 14.1. The number of thioether (sulfide) groups is 1. The minimum atomic E-state index is 0.368. The van der Waals surface area contributed by atoms with Crippen LogP contribution in [-0.2, 0) is 0 Å². The number of anilines is 1. The Labute approximate surface area is 128 Å². The number of benzene rings is 1. The smallest absolute Gasteiger partial charge is 0.0367 e. The van der Waals surface area contributed by atoms with Gasteiger partial charge in [-0.15, -0.1) is 0 Å². The lowest BCUT2D eigenvalue weighted by Crippen LogP contribution is -2.43. The highest BCUT2D eigenvalue weighted by Crippen LogP contribution is 2.32. The molecule has 1 atom stereocenters. The molecular weight excluding hydrogens is 264 g/mol. The van der Waals surface area contributed by atoms with Crippen molar-refractivity contribution in [1.82, 2.24) is 5.32 Å². The molecule has 112 valence electrons. The van der Waals surface area contributed by atoms with Crippen molar-refractivity contribution in [3.63, 3.8) is 0 Å². The van der Waals surface area contributed by atoms with Gasteiger partial charge in [0.1, 0.15) is 0 Å². The van der Waals surface area contributed by atoms with E-state index in [1.165, 1.54) is 23.4 Å². The fourth-order valence-corrected chi connectivity index (χ4v) is 3.80. The van der Waals surface area contributed by atoms with Crippen LogP contribution in [0.3, 0.4) is 0 Å². The van der Waals surface area contributed by atoms with Crippen LogP contribution in [0.25, 0.3) is 0 Å². The van der Waals surface area contributed by atoms with E-state index in [-0.39, 0.29) is 0 Å². The largest absolute Gasteiger partial charge is 0.369 e. The number of nitrogens with one attached hydrogen (secondary N) is 1. The molecule has 1 fully saturated rings. The third-order valence-electron chi connectivity index (χ3n) is 3.88. The van der Waals surface area contributed by atoms with Crippen molar-refractivity contribution in [3.05, 3.63) is 29.8 Å². The van der Waals surface area contributed by atoms with Gasteiger partial charge in [-0.1, -0.05) is 19.1 Å². The van der Waals surface area contributed by atoms with Crippen molar-refractivity contribution >= 4 is 17.4 Å². The number of hydrogen-bond acceptors (Lipinski definition) is 3. The lowest BCUT2D eigenvalue weighted by Gasteiger charge is -2.39. The van der Waals surface area contributed by atoms with Gasteiger partial charge in [0.25, 0.3) is 0 Å². The summed E-state index contributed by atoms with van der Waals surface area (Å²) in [6.45, 7) is 12.5. The summed E-state index contributed by atoms with van der Waals surface area (Å²) >= 11 is 2.08.